The van der Waals surface area contributed by atoms with E-state index in [0.717, 1.165) is 0 Å². The quantitative estimate of drug-likeness (QED) is 0.0766. The summed E-state index contributed by atoms with van der Waals surface area (Å²) in [6.45, 7) is -0.155. The summed E-state index contributed by atoms with van der Waals surface area (Å²) in [5, 5.41) is 147. The van der Waals surface area contributed by atoms with Crippen LogP contribution in [0.5, 0.6) is 0 Å². The number of aliphatic hydroxyl groups is 14. The Morgan fingerprint density at radius 1 is 0.404 bits per heavy atom. The van der Waals surface area contributed by atoms with Gasteiger partial charge in [-0.2, -0.15) is 0 Å². The second-order valence-corrected chi connectivity index (χ2v) is 14.4. The van der Waals surface area contributed by atoms with Crippen LogP contribution in [0.25, 0.3) is 0 Å². The van der Waals surface area contributed by atoms with Crippen molar-refractivity contribution in [1.82, 2.24) is 0 Å². The molecule has 0 radical (unpaired) electrons. The largest absolute Gasteiger partial charge is 0.394 e. The zero-order valence-corrected chi connectivity index (χ0v) is 30.7. The molecule has 5 heterocycles. The van der Waals surface area contributed by atoms with E-state index < -0.39 is 173 Å². The van der Waals surface area contributed by atoms with Gasteiger partial charge < -0.3 is 119 Å². The molecule has 0 aromatic carbocycles. The first-order chi connectivity index (χ1) is 27.0. The maximum absolute atomic E-state index is 11.5. The normalized spacial score (nSPS) is 52.3. The molecule has 5 fully saturated rings. The third kappa shape index (κ3) is 9.73. The molecule has 0 unspecified atom stereocenters. The summed E-state index contributed by atoms with van der Waals surface area (Å²) in [6, 6.07) is 0. The minimum atomic E-state index is -2.05. The van der Waals surface area contributed by atoms with E-state index in [2.05, 4.69) is 5.92 Å². The maximum Gasteiger partial charge on any atom is 0.188 e. The van der Waals surface area contributed by atoms with Crippen LogP contribution in [-0.2, 0) is 47.4 Å². The monoisotopic (exact) mass is 834 g/mol. The average Bonchev–Trinajstić information content (AvgIpc) is 3.19. The Hall–Kier alpha value is -1.40. The van der Waals surface area contributed by atoms with Gasteiger partial charge >= 0.3 is 0 Å². The Kier molecular flexibility index (Phi) is 16.4. The summed E-state index contributed by atoms with van der Waals surface area (Å²) >= 11 is 0. The third-order valence-electron chi connectivity index (χ3n) is 10.5. The van der Waals surface area contributed by atoms with Crippen LogP contribution in [0.1, 0.15) is 13.8 Å². The highest BCUT2D eigenvalue weighted by molar-refractivity contribution is 4.99. The van der Waals surface area contributed by atoms with Crippen molar-refractivity contribution >= 4 is 0 Å². The Balaban J connectivity index is 1.26. The van der Waals surface area contributed by atoms with E-state index in [-0.39, 0.29) is 6.61 Å². The van der Waals surface area contributed by atoms with Crippen LogP contribution in [0.2, 0.25) is 0 Å². The molecule has 5 saturated heterocycles. The van der Waals surface area contributed by atoms with E-state index in [1.54, 1.807) is 0 Å². The van der Waals surface area contributed by atoms with Gasteiger partial charge in [-0.15, -0.1) is 6.42 Å². The van der Waals surface area contributed by atoms with E-state index in [9.17, 15) is 71.5 Å². The molecule has 0 saturated carbocycles. The molecule has 24 heteroatoms. The van der Waals surface area contributed by atoms with E-state index in [1.807, 2.05) is 0 Å². The number of hydrogen-bond acceptors (Lipinski definition) is 24. The minimum absolute atomic E-state index is 0.385. The van der Waals surface area contributed by atoms with Crippen LogP contribution in [0.4, 0.5) is 0 Å². The molecule has 0 amide bonds. The fourth-order valence-corrected chi connectivity index (χ4v) is 7.18. The number of aliphatic hydroxyl groups excluding tert-OH is 14. The summed E-state index contributed by atoms with van der Waals surface area (Å²) in [6.07, 6.45) is -36.5. The number of ether oxygens (including phenoxy) is 10. The molecule has 25 atom stereocenters. The Labute approximate surface area is 325 Å². The number of terminal acetylenes is 1. The van der Waals surface area contributed by atoms with Crippen LogP contribution >= 0.6 is 0 Å². The van der Waals surface area contributed by atoms with Gasteiger partial charge in [0.05, 0.1) is 32.0 Å². The summed E-state index contributed by atoms with van der Waals surface area (Å²) in [7, 11) is 0. The van der Waals surface area contributed by atoms with Gasteiger partial charge in [0.25, 0.3) is 0 Å². The first-order valence-corrected chi connectivity index (χ1v) is 18.2. The number of hydrogen-bond donors (Lipinski definition) is 14. The van der Waals surface area contributed by atoms with Crippen LogP contribution in [0, 0.1) is 12.3 Å². The topological polar surface area (TPSA) is 376 Å². The highest BCUT2D eigenvalue weighted by Gasteiger charge is 2.56. The minimum Gasteiger partial charge on any atom is -0.394 e. The fourth-order valence-electron chi connectivity index (χ4n) is 7.18. The molecule has 5 aliphatic heterocycles. The van der Waals surface area contributed by atoms with Gasteiger partial charge in [0.15, 0.2) is 31.5 Å². The predicted molar refractivity (Wildman–Crippen MR) is 176 cm³/mol. The molecule has 5 rings (SSSR count). The molecule has 5 aliphatic rings. The number of rotatable bonds is 13. The lowest BCUT2D eigenvalue weighted by atomic mass is 9.95. The van der Waals surface area contributed by atoms with Gasteiger partial charge in [-0.1, -0.05) is 5.92 Å². The molecule has 24 nitrogen and oxygen atoms in total. The fraction of sp³-hybridized carbons (Fsp3) is 0.939. The van der Waals surface area contributed by atoms with Crippen molar-refractivity contribution in [1.29, 1.82) is 0 Å². The zero-order valence-electron chi connectivity index (χ0n) is 30.7. The van der Waals surface area contributed by atoms with Crippen molar-refractivity contribution in [2.45, 2.75) is 167 Å². The van der Waals surface area contributed by atoms with Crippen LogP contribution in [-0.4, -0.2) is 251 Å². The molecule has 0 aromatic heterocycles. The van der Waals surface area contributed by atoms with Crippen molar-refractivity contribution in [2.24, 2.45) is 0 Å². The van der Waals surface area contributed by atoms with Crippen LogP contribution < -0.4 is 0 Å². The highest BCUT2D eigenvalue weighted by atomic mass is 16.8. The molecule has 57 heavy (non-hydrogen) atoms. The molecule has 0 bridgehead atoms. The Morgan fingerprint density at radius 3 is 1.32 bits per heavy atom. The van der Waals surface area contributed by atoms with E-state index in [4.69, 9.17) is 53.8 Å². The summed E-state index contributed by atoms with van der Waals surface area (Å²) in [4.78, 5) is 0. The van der Waals surface area contributed by atoms with Gasteiger partial charge in [0.2, 0.25) is 0 Å². The first-order valence-electron chi connectivity index (χ1n) is 18.2. The van der Waals surface area contributed by atoms with Crippen molar-refractivity contribution in [3.05, 3.63) is 0 Å². The molecular weight excluding hydrogens is 780 g/mol. The summed E-state index contributed by atoms with van der Waals surface area (Å²) < 4.78 is 56.2. The summed E-state index contributed by atoms with van der Waals surface area (Å²) in [5.74, 6) is 2.20. The van der Waals surface area contributed by atoms with Crippen molar-refractivity contribution in [3.8, 4) is 12.3 Å². The van der Waals surface area contributed by atoms with Gasteiger partial charge in [-0.25, -0.2) is 0 Å². The molecule has 14 N–H and O–H groups in total. The van der Waals surface area contributed by atoms with Crippen molar-refractivity contribution in [3.63, 3.8) is 0 Å². The first kappa shape index (κ1) is 46.7. The Morgan fingerprint density at radius 2 is 0.789 bits per heavy atom. The van der Waals surface area contributed by atoms with Crippen LogP contribution in [0.15, 0.2) is 0 Å². The maximum atomic E-state index is 11.5. The highest BCUT2D eigenvalue weighted by Crippen LogP contribution is 2.36. The van der Waals surface area contributed by atoms with E-state index in [0.29, 0.717) is 0 Å². The van der Waals surface area contributed by atoms with Crippen molar-refractivity contribution in [2.75, 3.05) is 26.4 Å². The average molecular weight is 835 g/mol. The standard InChI is InChI=1S/C33H54O24/c1-4-5-48-33-28(57-29-20(43)16(39)14(37)9(2)49-29)24(47)27(13(8-36)53-33)56-32-23(46)19(42)26(12(7-35)52-32)55-30-22(45)18(41)25(10(3)50-30)54-31-21(44)17(40)15(38)11(6-34)51-31/h1,9-47H,5-8H2,2-3H3/t9-,10-,11+,12+,13+,14-,15+,16+,17-,18-,19+,20+,21+,22+,23+,24-,25-,26+,27+,28+,29-,30-,31-,32-,33+/m0/s1. The molecule has 330 valence electrons. The molecular formula is C33H54O24. The molecule has 0 aromatic rings. The Bertz CT molecular complexity index is 1290. The lowest BCUT2D eigenvalue weighted by Crippen LogP contribution is -2.67. The SMILES string of the molecule is C#CCO[C@@H]1O[C@H](CO)[C@@H](O[C@@H]2O[C@H](CO)[C@@H](O[C@@H]3O[C@@H](C)[C@H](O[C@@H]4O[C@H](CO)[C@@H](O)[C@H](O)[C@H]4O)[C@@H](O)[C@H]3O)[C@H](O)[C@H]2O)[C@H](O)[C@H]1O[C@@H]1O[C@@H](C)[C@H](O)[C@@H](O)[C@H]1O. The van der Waals surface area contributed by atoms with Gasteiger partial charge in [0, 0.05) is 0 Å². The zero-order chi connectivity index (χ0) is 42.0. The smallest absolute Gasteiger partial charge is 0.188 e. The van der Waals surface area contributed by atoms with Gasteiger partial charge in [-0.3, -0.25) is 0 Å². The van der Waals surface area contributed by atoms with Gasteiger partial charge in [0.1, 0.15) is 116 Å². The molecule has 0 spiro atoms. The lowest BCUT2D eigenvalue weighted by molar-refractivity contribution is -0.395. The second kappa shape index (κ2) is 20.0. The predicted octanol–water partition coefficient (Wildman–Crippen LogP) is -9.21. The van der Waals surface area contributed by atoms with Crippen LogP contribution in [0.3, 0.4) is 0 Å². The van der Waals surface area contributed by atoms with Crippen molar-refractivity contribution < 1.29 is 119 Å². The second-order valence-electron chi connectivity index (χ2n) is 14.4. The van der Waals surface area contributed by atoms with E-state index >= 15 is 0 Å². The van der Waals surface area contributed by atoms with Gasteiger partial charge in [-0.05, 0) is 13.8 Å². The molecule has 0 aliphatic carbocycles. The summed E-state index contributed by atoms with van der Waals surface area (Å²) in [5.41, 5.74) is 0. The lowest BCUT2D eigenvalue weighted by Gasteiger charge is -2.49. The third-order valence-corrected chi connectivity index (χ3v) is 10.5. The van der Waals surface area contributed by atoms with E-state index in [1.165, 1.54) is 13.8 Å².